The zero-order valence-corrected chi connectivity index (χ0v) is 27.7. The smallest absolute Gasteiger partial charge is 0.378 e. The van der Waals surface area contributed by atoms with E-state index in [1.807, 2.05) is 19.1 Å². The van der Waals surface area contributed by atoms with Crippen molar-refractivity contribution in [1.29, 1.82) is 0 Å². The predicted octanol–water partition coefficient (Wildman–Crippen LogP) is 7.75. The molecule has 15 heteroatoms. The average molecular weight is 709 g/mol. The minimum Gasteiger partial charge on any atom is -0.493 e. The molecule has 0 fully saturated rings. The molecule has 3 aromatic rings. The number of esters is 1. The Labute approximate surface area is 277 Å². The van der Waals surface area contributed by atoms with Gasteiger partial charge in [0.15, 0.2) is 0 Å². The van der Waals surface area contributed by atoms with Gasteiger partial charge in [-0.15, -0.1) is 0 Å². The van der Waals surface area contributed by atoms with Gasteiger partial charge in [-0.1, -0.05) is 31.2 Å². The van der Waals surface area contributed by atoms with E-state index >= 15 is 0 Å². The molecule has 1 aromatic heterocycles. The molecule has 7 nitrogen and oxygen atoms in total. The number of nitrogens with two attached hydrogens (primary N) is 2. The summed E-state index contributed by atoms with van der Waals surface area (Å²) >= 11 is 0. The van der Waals surface area contributed by atoms with E-state index in [0.717, 1.165) is 11.6 Å². The normalized spacial score (nSPS) is 14.2. The Bertz CT molecular complexity index is 1680. The van der Waals surface area contributed by atoms with Crippen LogP contribution < -0.4 is 21.8 Å². The number of fused-ring (bicyclic) bond motifs is 1. The molecule has 1 heterocycles. The summed E-state index contributed by atoms with van der Waals surface area (Å²) in [6.45, 7) is 4.99. The Kier molecular flexibility index (Phi) is 11.6. The standard InChI is InChI=1S/C34H40F8N2O5/c1-6-20-9-7-8-10-23(20)24-17-21-11-12-22(18-26(21)49-27(24)45)47-15-13-31(35,36)33(39,40)34(41,42)32(37,38)14-16-48-28(46)25(30(4,5)44)19-29(2,3)43/h7-12,17-18,25H,6,13-16,19,43-44H2,1-5H3. The second-order valence-corrected chi connectivity index (χ2v) is 13.3. The van der Waals surface area contributed by atoms with E-state index < -0.39 is 78.3 Å². The van der Waals surface area contributed by atoms with Crippen LogP contribution >= 0.6 is 0 Å². The van der Waals surface area contributed by atoms with Crippen molar-refractivity contribution in [2.75, 3.05) is 13.2 Å². The highest BCUT2D eigenvalue weighted by molar-refractivity contribution is 5.83. The summed E-state index contributed by atoms with van der Waals surface area (Å²) in [5, 5.41) is 0.405. The molecule has 49 heavy (non-hydrogen) atoms. The van der Waals surface area contributed by atoms with Gasteiger partial charge in [-0.2, -0.15) is 35.1 Å². The third-order valence-electron chi connectivity index (χ3n) is 7.97. The van der Waals surface area contributed by atoms with Crippen molar-refractivity contribution in [3.63, 3.8) is 0 Å². The third-order valence-corrected chi connectivity index (χ3v) is 7.97. The highest BCUT2D eigenvalue weighted by Crippen LogP contribution is 2.54. The van der Waals surface area contributed by atoms with Crippen molar-refractivity contribution in [2.24, 2.45) is 17.4 Å². The van der Waals surface area contributed by atoms with Crippen molar-refractivity contribution in [1.82, 2.24) is 0 Å². The molecule has 0 bridgehead atoms. The molecule has 3 rings (SSSR count). The summed E-state index contributed by atoms with van der Waals surface area (Å²) in [5.41, 5.74) is 10.5. The topological polar surface area (TPSA) is 118 Å². The van der Waals surface area contributed by atoms with Crippen LogP contribution in [-0.4, -0.2) is 54.0 Å². The molecule has 1 unspecified atom stereocenters. The minimum atomic E-state index is -6.57. The lowest BCUT2D eigenvalue weighted by atomic mass is 9.80. The van der Waals surface area contributed by atoms with Crippen LogP contribution in [0.5, 0.6) is 5.75 Å². The molecule has 1 atom stereocenters. The van der Waals surface area contributed by atoms with Gasteiger partial charge in [-0.05, 0) is 69.9 Å². The van der Waals surface area contributed by atoms with Gasteiger partial charge >= 0.3 is 35.3 Å². The van der Waals surface area contributed by atoms with Crippen LogP contribution in [0.2, 0.25) is 0 Å². The average Bonchev–Trinajstić information content (AvgIpc) is 2.98. The zero-order valence-electron chi connectivity index (χ0n) is 27.7. The summed E-state index contributed by atoms with van der Waals surface area (Å²) in [4.78, 5) is 25.2. The highest BCUT2D eigenvalue weighted by atomic mass is 19.4. The minimum absolute atomic E-state index is 0.0442. The summed E-state index contributed by atoms with van der Waals surface area (Å²) in [6.07, 6.45) is -3.74. The summed E-state index contributed by atoms with van der Waals surface area (Å²) in [5.74, 6) is -27.2. The van der Waals surface area contributed by atoms with E-state index in [1.165, 1.54) is 45.9 Å². The van der Waals surface area contributed by atoms with Crippen molar-refractivity contribution in [3.05, 3.63) is 64.5 Å². The first-order valence-corrected chi connectivity index (χ1v) is 15.4. The largest absolute Gasteiger partial charge is 0.493 e. The lowest BCUT2D eigenvalue weighted by molar-refractivity contribution is -0.369. The van der Waals surface area contributed by atoms with E-state index in [-0.39, 0.29) is 23.3 Å². The number of hydrogen-bond donors (Lipinski definition) is 2. The van der Waals surface area contributed by atoms with E-state index in [0.29, 0.717) is 17.4 Å². The van der Waals surface area contributed by atoms with Gasteiger partial charge in [0.25, 0.3) is 0 Å². The quantitative estimate of drug-likeness (QED) is 0.0888. The maximum absolute atomic E-state index is 14.5. The van der Waals surface area contributed by atoms with E-state index in [4.69, 9.17) is 20.6 Å². The van der Waals surface area contributed by atoms with Crippen molar-refractivity contribution in [2.45, 2.75) is 95.1 Å². The molecular formula is C34H40F8N2O5. The number of aryl methyl sites for hydroxylation is 1. The second kappa shape index (κ2) is 14.3. The fourth-order valence-corrected chi connectivity index (χ4v) is 5.09. The Morgan fingerprint density at radius 3 is 1.94 bits per heavy atom. The lowest BCUT2D eigenvalue weighted by Crippen LogP contribution is -2.62. The predicted molar refractivity (Wildman–Crippen MR) is 167 cm³/mol. The van der Waals surface area contributed by atoms with Crippen LogP contribution in [0.3, 0.4) is 0 Å². The van der Waals surface area contributed by atoms with Gasteiger partial charge in [0.1, 0.15) is 11.3 Å². The maximum Gasteiger partial charge on any atom is 0.378 e. The number of alkyl halides is 8. The van der Waals surface area contributed by atoms with E-state index in [1.54, 1.807) is 12.1 Å². The Morgan fingerprint density at radius 1 is 0.816 bits per heavy atom. The maximum atomic E-state index is 14.5. The molecule has 0 amide bonds. The molecule has 0 saturated heterocycles. The van der Waals surface area contributed by atoms with Gasteiger partial charge < -0.3 is 25.4 Å². The number of carbonyl (C=O) groups excluding carboxylic acids is 1. The molecule has 0 spiro atoms. The van der Waals surface area contributed by atoms with Crippen LogP contribution in [-0.2, 0) is 16.0 Å². The van der Waals surface area contributed by atoms with Crippen LogP contribution in [0.4, 0.5) is 35.1 Å². The number of benzene rings is 2. The van der Waals surface area contributed by atoms with Crippen molar-refractivity contribution in [3.8, 4) is 16.9 Å². The zero-order chi connectivity index (χ0) is 37.2. The summed E-state index contributed by atoms with van der Waals surface area (Å²) in [6, 6.07) is 12.4. The fourth-order valence-electron chi connectivity index (χ4n) is 5.09. The lowest BCUT2D eigenvalue weighted by Gasteiger charge is -2.37. The number of halogens is 8. The number of rotatable bonds is 16. The van der Waals surface area contributed by atoms with E-state index in [2.05, 4.69) is 4.74 Å². The Balaban J connectivity index is 1.68. The molecule has 0 aliphatic rings. The monoisotopic (exact) mass is 708 g/mol. The van der Waals surface area contributed by atoms with Crippen molar-refractivity contribution >= 4 is 16.9 Å². The highest BCUT2D eigenvalue weighted by Gasteiger charge is 2.79. The molecule has 4 N–H and O–H groups in total. The Hall–Kier alpha value is -3.72. The third kappa shape index (κ3) is 8.91. The van der Waals surface area contributed by atoms with Crippen LogP contribution in [0.1, 0.15) is 59.4 Å². The van der Waals surface area contributed by atoms with Gasteiger partial charge in [0.2, 0.25) is 0 Å². The van der Waals surface area contributed by atoms with Crippen molar-refractivity contribution < 1.29 is 53.8 Å². The molecule has 0 saturated carbocycles. The summed E-state index contributed by atoms with van der Waals surface area (Å²) in [7, 11) is 0. The Morgan fingerprint density at radius 2 is 1.39 bits per heavy atom. The van der Waals surface area contributed by atoms with Crippen LogP contribution in [0.15, 0.2) is 57.7 Å². The molecule has 0 aliphatic heterocycles. The van der Waals surface area contributed by atoms with E-state index in [9.17, 15) is 44.7 Å². The van der Waals surface area contributed by atoms with Crippen LogP contribution in [0.25, 0.3) is 22.1 Å². The first-order valence-electron chi connectivity index (χ1n) is 15.4. The van der Waals surface area contributed by atoms with Gasteiger partial charge in [0, 0.05) is 22.5 Å². The first kappa shape index (κ1) is 39.7. The number of ether oxygens (including phenoxy) is 2. The van der Waals surface area contributed by atoms with Gasteiger partial charge in [-0.25, -0.2) is 4.79 Å². The number of hydrogen-bond acceptors (Lipinski definition) is 7. The summed E-state index contributed by atoms with van der Waals surface area (Å²) < 4.78 is 131. The molecule has 0 aliphatic carbocycles. The number of carbonyl (C=O) groups is 1. The SMILES string of the molecule is CCc1ccccc1-c1cc2ccc(OCCC(F)(F)C(F)(F)C(F)(F)C(F)(F)CCOC(=O)C(CC(C)(C)N)C(C)(C)N)cc2oc1=O. The van der Waals surface area contributed by atoms with Gasteiger partial charge in [-0.3, -0.25) is 4.79 Å². The van der Waals surface area contributed by atoms with Gasteiger partial charge in [0.05, 0.1) is 37.5 Å². The van der Waals surface area contributed by atoms with Crippen LogP contribution in [0, 0.1) is 5.92 Å². The molecule has 2 aromatic carbocycles. The molecule has 0 radical (unpaired) electrons. The fraction of sp³-hybridized carbons (Fsp3) is 0.529. The first-order chi connectivity index (χ1) is 22.3. The molecular weight excluding hydrogens is 668 g/mol. The molecule has 272 valence electrons. The second-order valence-electron chi connectivity index (χ2n) is 13.3.